The van der Waals surface area contributed by atoms with E-state index in [9.17, 15) is 9.90 Å². The second-order valence-corrected chi connectivity index (χ2v) is 10.2. The first-order chi connectivity index (χ1) is 18.3. The first-order valence-corrected chi connectivity index (χ1v) is 12.4. The number of aromatic nitrogens is 4. The lowest BCUT2D eigenvalue weighted by Gasteiger charge is -2.34. The standard InChI is InChI=1S/C29H28F3N5O2/c1-16(19-12-9-13-21(25(19)30)29(31,32)28(3,4)39)37(18-10-7-6-8-11-18)26-20-14-23-24(36(5)27(38)35-23)15-22(20)33-17(2)34-26/h6-16,39H,1-5H3,(H,35,38). The molecular weight excluding hydrogens is 507 g/mol. The molecule has 1 atom stereocenters. The molecule has 0 radical (unpaired) electrons. The van der Waals surface area contributed by atoms with Crippen LogP contribution in [-0.2, 0) is 13.0 Å². The number of aryl methyl sites for hydroxylation is 2. The monoisotopic (exact) mass is 535 g/mol. The van der Waals surface area contributed by atoms with Crippen LogP contribution in [0.3, 0.4) is 0 Å². The highest BCUT2D eigenvalue weighted by Crippen LogP contribution is 2.44. The van der Waals surface area contributed by atoms with E-state index in [4.69, 9.17) is 4.98 Å². The van der Waals surface area contributed by atoms with E-state index < -0.39 is 28.9 Å². The number of aliphatic hydroxyl groups is 1. The maximum Gasteiger partial charge on any atom is 0.326 e. The smallest absolute Gasteiger partial charge is 0.326 e. The molecule has 202 valence electrons. The molecule has 0 aliphatic heterocycles. The lowest BCUT2D eigenvalue weighted by molar-refractivity contribution is -0.170. The van der Waals surface area contributed by atoms with E-state index in [0.29, 0.717) is 39.3 Å². The zero-order chi connectivity index (χ0) is 28.3. The van der Waals surface area contributed by atoms with Crippen LogP contribution in [0.15, 0.2) is 65.5 Å². The number of aromatic amines is 1. The van der Waals surface area contributed by atoms with Gasteiger partial charge in [0.25, 0.3) is 0 Å². The number of hydrogen-bond acceptors (Lipinski definition) is 5. The quantitative estimate of drug-likeness (QED) is 0.278. The predicted molar refractivity (Wildman–Crippen MR) is 145 cm³/mol. The topological polar surface area (TPSA) is 87.0 Å². The van der Waals surface area contributed by atoms with E-state index in [1.54, 1.807) is 37.9 Å². The summed E-state index contributed by atoms with van der Waals surface area (Å²) in [5.41, 5.74) is -1.22. The Morgan fingerprint density at radius 3 is 2.41 bits per heavy atom. The molecule has 5 aromatic rings. The van der Waals surface area contributed by atoms with E-state index in [-0.39, 0.29) is 11.3 Å². The zero-order valence-corrected chi connectivity index (χ0v) is 22.1. The molecule has 2 heterocycles. The van der Waals surface area contributed by atoms with Gasteiger partial charge in [0, 0.05) is 23.7 Å². The number of para-hydroxylation sites is 1. The predicted octanol–water partition coefficient (Wildman–Crippen LogP) is 6.02. The van der Waals surface area contributed by atoms with Crippen LogP contribution in [-0.4, -0.2) is 30.2 Å². The maximum atomic E-state index is 15.9. The second kappa shape index (κ2) is 9.23. The van der Waals surface area contributed by atoms with Crippen LogP contribution in [0.4, 0.5) is 24.7 Å². The van der Waals surface area contributed by atoms with Gasteiger partial charge in [-0.2, -0.15) is 8.78 Å². The van der Waals surface area contributed by atoms with Crippen LogP contribution < -0.4 is 10.6 Å². The lowest BCUT2D eigenvalue weighted by atomic mass is 9.90. The van der Waals surface area contributed by atoms with Crippen molar-refractivity contribution in [1.29, 1.82) is 0 Å². The van der Waals surface area contributed by atoms with Crippen LogP contribution in [0.1, 0.15) is 43.8 Å². The maximum absolute atomic E-state index is 15.9. The number of hydrogen-bond donors (Lipinski definition) is 2. The third-order valence-electron chi connectivity index (χ3n) is 7.05. The molecule has 0 aliphatic carbocycles. The molecule has 7 nitrogen and oxygen atoms in total. The Morgan fingerprint density at radius 1 is 1.05 bits per heavy atom. The van der Waals surface area contributed by atoms with Gasteiger partial charge < -0.3 is 15.0 Å². The van der Waals surface area contributed by atoms with E-state index in [2.05, 4.69) is 9.97 Å². The lowest BCUT2D eigenvalue weighted by Crippen LogP contribution is -2.41. The van der Waals surface area contributed by atoms with Crippen LogP contribution in [0.5, 0.6) is 0 Å². The molecule has 0 bridgehead atoms. The zero-order valence-electron chi connectivity index (χ0n) is 22.1. The van der Waals surface area contributed by atoms with Crippen molar-refractivity contribution in [2.75, 3.05) is 4.90 Å². The number of nitrogens with zero attached hydrogens (tertiary/aromatic N) is 4. The van der Waals surface area contributed by atoms with Gasteiger partial charge in [0.15, 0.2) is 0 Å². The third-order valence-corrected chi connectivity index (χ3v) is 7.05. The normalized spacial score (nSPS) is 13.3. The van der Waals surface area contributed by atoms with E-state index >= 15 is 13.2 Å². The molecule has 0 saturated heterocycles. The number of benzene rings is 3. The summed E-state index contributed by atoms with van der Waals surface area (Å²) >= 11 is 0. The van der Waals surface area contributed by atoms with Crippen LogP contribution in [0, 0.1) is 12.7 Å². The van der Waals surface area contributed by atoms with Crippen molar-refractivity contribution in [3.63, 3.8) is 0 Å². The molecule has 5 rings (SSSR count). The fourth-order valence-electron chi connectivity index (χ4n) is 4.83. The molecular formula is C29H28F3N5O2. The first kappa shape index (κ1) is 26.4. The van der Waals surface area contributed by atoms with Gasteiger partial charge in [-0.05, 0) is 58.0 Å². The van der Waals surface area contributed by atoms with Gasteiger partial charge in [-0.15, -0.1) is 0 Å². The largest absolute Gasteiger partial charge is 0.384 e. The van der Waals surface area contributed by atoms with Crippen molar-refractivity contribution in [3.8, 4) is 0 Å². The van der Waals surface area contributed by atoms with E-state index in [1.807, 2.05) is 30.3 Å². The number of H-pyrrole nitrogens is 1. The summed E-state index contributed by atoms with van der Waals surface area (Å²) in [6.07, 6.45) is 0. The molecule has 0 fully saturated rings. The summed E-state index contributed by atoms with van der Waals surface area (Å²) in [7, 11) is 1.65. The minimum atomic E-state index is -3.84. The highest BCUT2D eigenvalue weighted by Gasteiger charge is 2.49. The molecule has 0 amide bonds. The minimum absolute atomic E-state index is 0.00103. The fourth-order valence-corrected chi connectivity index (χ4v) is 4.83. The Hall–Kier alpha value is -4.18. The molecule has 0 spiro atoms. The Kier molecular flexibility index (Phi) is 6.26. The molecule has 1 unspecified atom stereocenters. The highest BCUT2D eigenvalue weighted by atomic mass is 19.3. The summed E-state index contributed by atoms with van der Waals surface area (Å²) in [5.74, 6) is -4.09. The third kappa shape index (κ3) is 4.34. The van der Waals surface area contributed by atoms with Crippen molar-refractivity contribution in [2.45, 2.75) is 45.3 Å². The molecule has 2 aromatic heterocycles. The van der Waals surface area contributed by atoms with Crippen molar-refractivity contribution < 1.29 is 18.3 Å². The van der Waals surface area contributed by atoms with Gasteiger partial charge in [-0.3, -0.25) is 4.57 Å². The number of anilines is 2. The molecule has 0 saturated carbocycles. The van der Waals surface area contributed by atoms with Gasteiger partial charge in [-0.25, -0.2) is 19.2 Å². The number of fused-ring (bicyclic) bond motifs is 2. The second-order valence-electron chi connectivity index (χ2n) is 10.2. The number of nitrogens with one attached hydrogen (secondary N) is 1. The number of halogens is 3. The molecule has 2 N–H and O–H groups in total. The average molecular weight is 536 g/mol. The molecule has 3 aromatic carbocycles. The summed E-state index contributed by atoms with van der Waals surface area (Å²) in [5, 5.41) is 10.7. The molecule has 39 heavy (non-hydrogen) atoms. The summed E-state index contributed by atoms with van der Waals surface area (Å²) in [4.78, 5) is 26.1. The Labute approximate surface area is 222 Å². The minimum Gasteiger partial charge on any atom is -0.384 e. The SMILES string of the molecule is Cc1nc(N(c2ccccc2)C(C)c2cccc(C(F)(F)C(C)(C)O)c2F)c2cc3[nH]c(=O)n(C)c3cc2n1. The van der Waals surface area contributed by atoms with E-state index in [1.165, 1.54) is 16.7 Å². The summed E-state index contributed by atoms with van der Waals surface area (Å²) in [6.45, 7) is 5.32. The van der Waals surface area contributed by atoms with Crippen molar-refractivity contribution in [2.24, 2.45) is 7.05 Å². The molecule has 0 aliphatic rings. The Bertz CT molecular complexity index is 1760. The highest BCUT2D eigenvalue weighted by molar-refractivity contribution is 6.00. The van der Waals surface area contributed by atoms with Gasteiger partial charge in [0.05, 0.1) is 28.2 Å². The average Bonchev–Trinajstić information content (AvgIpc) is 3.15. The van der Waals surface area contributed by atoms with Gasteiger partial charge in [-0.1, -0.05) is 30.3 Å². The van der Waals surface area contributed by atoms with Gasteiger partial charge in [0.1, 0.15) is 23.1 Å². The molecule has 10 heteroatoms. The Balaban J connectivity index is 1.77. The van der Waals surface area contributed by atoms with Crippen LogP contribution in [0.2, 0.25) is 0 Å². The van der Waals surface area contributed by atoms with Crippen LogP contribution >= 0.6 is 0 Å². The van der Waals surface area contributed by atoms with Crippen molar-refractivity contribution >= 4 is 33.4 Å². The van der Waals surface area contributed by atoms with Crippen LogP contribution in [0.25, 0.3) is 21.9 Å². The van der Waals surface area contributed by atoms with Gasteiger partial charge in [0.2, 0.25) is 0 Å². The first-order valence-electron chi connectivity index (χ1n) is 12.4. The summed E-state index contributed by atoms with van der Waals surface area (Å²) in [6, 6.07) is 15.6. The van der Waals surface area contributed by atoms with Crippen molar-refractivity contribution in [1.82, 2.24) is 19.5 Å². The number of rotatable bonds is 6. The van der Waals surface area contributed by atoms with Crippen molar-refractivity contribution in [3.05, 3.63) is 93.9 Å². The fraction of sp³-hybridized carbons (Fsp3) is 0.276. The number of imidazole rings is 1. The van der Waals surface area contributed by atoms with Gasteiger partial charge >= 0.3 is 11.6 Å². The number of alkyl halides is 2. The van der Waals surface area contributed by atoms with E-state index in [0.717, 1.165) is 19.9 Å². The summed E-state index contributed by atoms with van der Waals surface area (Å²) < 4.78 is 47.6. The Morgan fingerprint density at radius 2 is 1.74 bits per heavy atom.